The minimum Gasteiger partial charge on any atom is -0.462 e. The van der Waals surface area contributed by atoms with E-state index in [0.717, 1.165) is 64.2 Å². The molecule has 0 aromatic carbocycles. The SMILES string of the molecule is CCCCCCC/C=C\CCCCCCCC(=O)O[C@H](COC(=O)CCCCCCCCCCCCC)COC(=O)CCCCCCCCCCCCCCCCCCCC. The van der Waals surface area contributed by atoms with E-state index in [1.165, 1.54) is 199 Å². The van der Waals surface area contributed by atoms with Crippen molar-refractivity contribution >= 4 is 17.9 Å². The van der Waals surface area contributed by atoms with Gasteiger partial charge in [0.2, 0.25) is 0 Å². The maximum atomic E-state index is 12.8. The van der Waals surface area contributed by atoms with Crippen LogP contribution in [0.5, 0.6) is 0 Å². The summed E-state index contributed by atoms with van der Waals surface area (Å²) in [7, 11) is 0. The molecule has 0 spiro atoms. The maximum Gasteiger partial charge on any atom is 0.306 e. The van der Waals surface area contributed by atoms with Gasteiger partial charge in [-0.3, -0.25) is 14.4 Å². The molecule has 61 heavy (non-hydrogen) atoms. The smallest absolute Gasteiger partial charge is 0.306 e. The monoisotopic (exact) mass is 861 g/mol. The van der Waals surface area contributed by atoms with E-state index in [9.17, 15) is 14.4 Å². The van der Waals surface area contributed by atoms with Crippen molar-refractivity contribution in [1.29, 1.82) is 0 Å². The lowest BCUT2D eigenvalue weighted by Gasteiger charge is -2.18. The number of ether oxygens (including phenoxy) is 3. The Kier molecular flexibility index (Phi) is 49.3. The van der Waals surface area contributed by atoms with Crippen LogP contribution >= 0.6 is 0 Å². The minimum absolute atomic E-state index is 0.0679. The topological polar surface area (TPSA) is 78.9 Å². The van der Waals surface area contributed by atoms with E-state index in [-0.39, 0.29) is 31.1 Å². The molecule has 0 saturated carbocycles. The number of esters is 3. The predicted octanol–water partition coefficient (Wildman–Crippen LogP) is 17.8. The highest BCUT2D eigenvalue weighted by molar-refractivity contribution is 5.71. The lowest BCUT2D eigenvalue weighted by atomic mass is 10.0. The first kappa shape index (κ1) is 59.1. The number of allylic oxidation sites excluding steroid dienone is 2. The zero-order valence-electron chi connectivity index (χ0n) is 41.2. The first-order chi connectivity index (χ1) is 30.0. The van der Waals surface area contributed by atoms with E-state index >= 15 is 0 Å². The standard InChI is InChI=1S/C55H104O6/c1-4-7-10-13-16-19-22-24-26-27-28-29-31-33-36-39-42-45-48-54(57)60-51-52(50-59-53(56)47-44-41-38-35-32-21-18-15-12-9-6-3)61-55(58)49-46-43-40-37-34-30-25-23-20-17-14-11-8-5-2/h23,25,52H,4-22,24,26-51H2,1-3H3/b25-23-/t52-/m1/s1. The number of unbranched alkanes of at least 4 members (excludes halogenated alkanes) is 37. The fraction of sp³-hybridized carbons (Fsp3) is 0.909. The van der Waals surface area contributed by atoms with Crippen LogP contribution in [0.4, 0.5) is 0 Å². The number of carbonyl (C=O) groups is 3. The summed E-state index contributed by atoms with van der Waals surface area (Å²) in [5.74, 6) is -0.858. The molecular formula is C55H104O6. The Hall–Kier alpha value is -1.85. The third kappa shape index (κ3) is 49.0. The molecule has 0 unspecified atom stereocenters. The summed E-state index contributed by atoms with van der Waals surface area (Å²) >= 11 is 0. The van der Waals surface area contributed by atoms with Gasteiger partial charge < -0.3 is 14.2 Å². The van der Waals surface area contributed by atoms with Crippen LogP contribution in [0.25, 0.3) is 0 Å². The molecule has 0 heterocycles. The summed E-state index contributed by atoms with van der Waals surface area (Å²) in [6, 6.07) is 0. The fourth-order valence-electron chi connectivity index (χ4n) is 8.14. The summed E-state index contributed by atoms with van der Waals surface area (Å²) in [6.07, 6.45) is 56.2. The van der Waals surface area contributed by atoms with Crippen LogP contribution in [0, 0.1) is 0 Å². The molecule has 0 rings (SSSR count). The molecule has 0 aliphatic heterocycles. The van der Waals surface area contributed by atoms with E-state index in [0.29, 0.717) is 19.3 Å². The van der Waals surface area contributed by atoms with Crippen molar-refractivity contribution in [2.75, 3.05) is 13.2 Å². The van der Waals surface area contributed by atoms with Crippen molar-refractivity contribution in [2.45, 2.75) is 309 Å². The zero-order valence-corrected chi connectivity index (χ0v) is 41.2. The first-order valence-electron chi connectivity index (χ1n) is 27.2. The third-order valence-corrected chi connectivity index (χ3v) is 12.3. The Balaban J connectivity index is 4.28. The molecule has 0 saturated heterocycles. The van der Waals surface area contributed by atoms with Crippen LogP contribution in [0.15, 0.2) is 12.2 Å². The van der Waals surface area contributed by atoms with Crippen LogP contribution in [-0.4, -0.2) is 37.2 Å². The number of carbonyl (C=O) groups excluding carboxylic acids is 3. The lowest BCUT2D eigenvalue weighted by molar-refractivity contribution is -0.167. The summed E-state index contributed by atoms with van der Waals surface area (Å²) in [6.45, 7) is 6.66. The number of rotatable bonds is 50. The quantitative estimate of drug-likeness (QED) is 0.0262. The molecule has 0 fully saturated rings. The number of hydrogen-bond acceptors (Lipinski definition) is 6. The van der Waals surface area contributed by atoms with E-state index in [1.807, 2.05) is 0 Å². The molecule has 0 amide bonds. The van der Waals surface area contributed by atoms with Gasteiger partial charge in [0.25, 0.3) is 0 Å². The Labute approximate surface area is 380 Å². The van der Waals surface area contributed by atoms with Crippen molar-refractivity contribution in [2.24, 2.45) is 0 Å². The molecule has 0 bridgehead atoms. The van der Waals surface area contributed by atoms with Crippen molar-refractivity contribution in [3.05, 3.63) is 12.2 Å². The van der Waals surface area contributed by atoms with Crippen LogP contribution in [-0.2, 0) is 28.6 Å². The van der Waals surface area contributed by atoms with Crippen molar-refractivity contribution in [1.82, 2.24) is 0 Å². The second kappa shape index (κ2) is 50.8. The van der Waals surface area contributed by atoms with Crippen molar-refractivity contribution in [3.8, 4) is 0 Å². The molecule has 0 aromatic heterocycles. The maximum absolute atomic E-state index is 12.8. The molecule has 360 valence electrons. The summed E-state index contributed by atoms with van der Waals surface area (Å²) in [4.78, 5) is 38.0. The largest absolute Gasteiger partial charge is 0.462 e. The predicted molar refractivity (Wildman–Crippen MR) is 261 cm³/mol. The van der Waals surface area contributed by atoms with Crippen LogP contribution in [0.2, 0.25) is 0 Å². The molecule has 0 N–H and O–H groups in total. The Morgan fingerprint density at radius 2 is 0.541 bits per heavy atom. The molecule has 0 aromatic rings. The van der Waals surface area contributed by atoms with Gasteiger partial charge in [-0.05, 0) is 44.9 Å². The van der Waals surface area contributed by atoms with E-state index in [1.54, 1.807) is 0 Å². The van der Waals surface area contributed by atoms with Gasteiger partial charge in [-0.15, -0.1) is 0 Å². The van der Waals surface area contributed by atoms with Crippen molar-refractivity contribution in [3.63, 3.8) is 0 Å². The van der Waals surface area contributed by atoms with Gasteiger partial charge in [0, 0.05) is 19.3 Å². The molecule has 6 heteroatoms. The highest BCUT2D eigenvalue weighted by atomic mass is 16.6. The normalized spacial score (nSPS) is 12.0. The number of hydrogen-bond donors (Lipinski definition) is 0. The van der Waals surface area contributed by atoms with Gasteiger partial charge in [0.15, 0.2) is 6.10 Å². The second-order valence-corrected chi connectivity index (χ2v) is 18.5. The molecule has 1 atom stereocenters. The van der Waals surface area contributed by atoms with Crippen LogP contribution in [0.3, 0.4) is 0 Å². The van der Waals surface area contributed by atoms with Crippen molar-refractivity contribution < 1.29 is 28.6 Å². The van der Waals surface area contributed by atoms with Gasteiger partial charge in [-0.25, -0.2) is 0 Å². The minimum atomic E-state index is -0.767. The average Bonchev–Trinajstić information content (AvgIpc) is 3.26. The van der Waals surface area contributed by atoms with E-state index < -0.39 is 6.10 Å². The molecule has 0 radical (unpaired) electrons. The average molecular weight is 861 g/mol. The second-order valence-electron chi connectivity index (χ2n) is 18.5. The zero-order chi connectivity index (χ0) is 44.4. The molecular weight excluding hydrogens is 757 g/mol. The van der Waals surface area contributed by atoms with Gasteiger partial charge in [-0.1, -0.05) is 251 Å². The fourth-order valence-corrected chi connectivity index (χ4v) is 8.14. The Bertz CT molecular complexity index is 947. The van der Waals surface area contributed by atoms with Gasteiger partial charge in [-0.2, -0.15) is 0 Å². The summed E-state index contributed by atoms with van der Waals surface area (Å²) in [5, 5.41) is 0. The highest BCUT2D eigenvalue weighted by Gasteiger charge is 2.19. The van der Waals surface area contributed by atoms with Gasteiger partial charge >= 0.3 is 17.9 Å². The summed E-state index contributed by atoms with van der Waals surface area (Å²) in [5.41, 5.74) is 0. The molecule has 0 aliphatic carbocycles. The first-order valence-corrected chi connectivity index (χ1v) is 27.2. The highest BCUT2D eigenvalue weighted by Crippen LogP contribution is 2.17. The molecule has 0 aliphatic rings. The van der Waals surface area contributed by atoms with E-state index in [4.69, 9.17) is 14.2 Å². The summed E-state index contributed by atoms with van der Waals surface area (Å²) < 4.78 is 16.8. The van der Waals surface area contributed by atoms with Gasteiger partial charge in [0.1, 0.15) is 13.2 Å². The third-order valence-electron chi connectivity index (χ3n) is 12.3. The Morgan fingerprint density at radius 3 is 0.820 bits per heavy atom. The van der Waals surface area contributed by atoms with Crippen LogP contribution in [0.1, 0.15) is 303 Å². The molecule has 6 nitrogen and oxygen atoms in total. The lowest BCUT2D eigenvalue weighted by Crippen LogP contribution is -2.30. The van der Waals surface area contributed by atoms with E-state index in [2.05, 4.69) is 32.9 Å². The van der Waals surface area contributed by atoms with Gasteiger partial charge in [0.05, 0.1) is 0 Å². The van der Waals surface area contributed by atoms with Crippen LogP contribution < -0.4 is 0 Å². The Morgan fingerprint density at radius 1 is 0.311 bits per heavy atom.